The summed E-state index contributed by atoms with van der Waals surface area (Å²) >= 11 is 3.35. The largest absolute Gasteiger partial charge is 0.487 e. The van der Waals surface area contributed by atoms with E-state index in [-0.39, 0.29) is 17.3 Å². The van der Waals surface area contributed by atoms with Gasteiger partial charge in [-0.2, -0.15) is 0 Å². The molecule has 3 heteroatoms. The highest BCUT2D eigenvalue weighted by Gasteiger charge is 2.48. The minimum absolute atomic E-state index is 0.00291. The van der Waals surface area contributed by atoms with E-state index in [0.29, 0.717) is 23.5 Å². The first kappa shape index (κ1) is 25.5. The summed E-state index contributed by atoms with van der Waals surface area (Å²) in [5, 5.41) is 0. The Morgan fingerprint density at radius 3 is 1.93 bits per heavy atom. The van der Waals surface area contributed by atoms with Crippen LogP contribution in [0.5, 0.6) is 5.75 Å². The molecule has 162 valence electrons. The molecule has 1 unspecified atom stereocenters. The van der Waals surface area contributed by atoms with Gasteiger partial charge in [-0.3, -0.25) is 0 Å². The lowest BCUT2D eigenvalue weighted by atomic mass is 9.58. The van der Waals surface area contributed by atoms with E-state index in [1.54, 1.807) is 6.07 Å². The minimum atomic E-state index is -0.285. The molecule has 0 aliphatic rings. The monoisotopic (exact) mass is 456 g/mol. The van der Waals surface area contributed by atoms with E-state index in [1.165, 1.54) is 38.2 Å². The topological polar surface area (TPSA) is 9.23 Å². The number of benzene rings is 1. The van der Waals surface area contributed by atoms with Crippen molar-refractivity contribution < 1.29 is 9.13 Å². The Balaban J connectivity index is 3.10. The lowest BCUT2D eigenvalue weighted by molar-refractivity contribution is -0.0726. The van der Waals surface area contributed by atoms with Gasteiger partial charge in [-0.15, -0.1) is 0 Å². The van der Waals surface area contributed by atoms with Crippen LogP contribution in [0.15, 0.2) is 22.7 Å². The van der Waals surface area contributed by atoms with Crippen molar-refractivity contribution in [2.24, 2.45) is 23.2 Å². The number of halogens is 2. The van der Waals surface area contributed by atoms with Gasteiger partial charge in [0.15, 0.2) is 11.6 Å². The Morgan fingerprint density at radius 1 is 0.893 bits per heavy atom. The summed E-state index contributed by atoms with van der Waals surface area (Å²) in [5.74, 6) is 1.46. The van der Waals surface area contributed by atoms with Gasteiger partial charge in [-0.1, -0.05) is 96.5 Å². The van der Waals surface area contributed by atoms with E-state index in [4.69, 9.17) is 4.74 Å². The van der Waals surface area contributed by atoms with Crippen LogP contribution in [-0.2, 0) is 0 Å². The number of hydrogen-bond acceptors (Lipinski definition) is 1. The van der Waals surface area contributed by atoms with E-state index in [9.17, 15) is 4.39 Å². The molecule has 0 heterocycles. The maximum absolute atomic E-state index is 14.6. The number of ether oxygens (including phenoxy) is 1. The predicted molar refractivity (Wildman–Crippen MR) is 123 cm³/mol. The molecule has 0 amide bonds. The molecule has 0 fully saturated rings. The maximum Gasteiger partial charge on any atom is 0.166 e. The van der Waals surface area contributed by atoms with Crippen LogP contribution in [0.3, 0.4) is 0 Å². The molecule has 0 N–H and O–H groups in total. The molecule has 0 saturated carbocycles. The van der Waals surface area contributed by atoms with Crippen LogP contribution in [0.1, 0.15) is 93.4 Å². The average molecular weight is 458 g/mol. The van der Waals surface area contributed by atoms with Crippen molar-refractivity contribution in [3.8, 4) is 5.75 Å². The molecular formula is C25H42BrFO. The van der Waals surface area contributed by atoms with Gasteiger partial charge in [0, 0.05) is 9.89 Å². The molecule has 0 aliphatic carbocycles. The second-order valence-corrected chi connectivity index (χ2v) is 10.1. The fourth-order valence-electron chi connectivity index (χ4n) is 5.36. The van der Waals surface area contributed by atoms with E-state index >= 15 is 0 Å². The standard InChI is InChI=1S/C25H42BrFO/c1-8-9-10-11-12-13-14-24(25(18(2)3,19(4)5)20(6)7)28-23-16-15-21(26)17-22(23)27/h15-20,24H,8-14H2,1-7H3. The van der Waals surface area contributed by atoms with Gasteiger partial charge in [0.05, 0.1) is 0 Å². The summed E-state index contributed by atoms with van der Waals surface area (Å²) in [6.07, 6.45) is 8.54. The normalized spacial score (nSPS) is 13.6. The van der Waals surface area contributed by atoms with Gasteiger partial charge in [0.1, 0.15) is 6.10 Å². The quantitative estimate of drug-likeness (QED) is 0.269. The van der Waals surface area contributed by atoms with Crippen LogP contribution in [0.25, 0.3) is 0 Å². The molecule has 1 rings (SSSR count). The first-order valence-electron chi connectivity index (χ1n) is 11.3. The predicted octanol–water partition coefficient (Wildman–Crippen LogP) is 9.04. The third kappa shape index (κ3) is 6.47. The Labute approximate surface area is 182 Å². The fraction of sp³-hybridized carbons (Fsp3) is 0.760. The van der Waals surface area contributed by atoms with Crippen LogP contribution in [-0.4, -0.2) is 6.10 Å². The highest BCUT2D eigenvalue weighted by atomic mass is 79.9. The zero-order chi connectivity index (χ0) is 21.3. The molecule has 1 nitrogen and oxygen atoms in total. The summed E-state index contributed by atoms with van der Waals surface area (Å²) in [6, 6.07) is 5.13. The third-order valence-electron chi connectivity index (χ3n) is 6.54. The molecule has 0 bridgehead atoms. The van der Waals surface area contributed by atoms with Crippen molar-refractivity contribution in [1.82, 2.24) is 0 Å². The minimum Gasteiger partial charge on any atom is -0.487 e. The van der Waals surface area contributed by atoms with Gasteiger partial charge in [-0.25, -0.2) is 4.39 Å². The summed E-state index contributed by atoms with van der Waals surface area (Å²) in [7, 11) is 0. The van der Waals surface area contributed by atoms with Gasteiger partial charge < -0.3 is 4.74 Å². The summed E-state index contributed by atoms with van der Waals surface area (Å²) < 4.78 is 21.8. The molecule has 0 radical (unpaired) electrons. The number of unbranched alkanes of at least 4 members (excludes halogenated alkanes) is 5. The molecule has 1 aromatic carbocycles. The molecule has 0 aliphatic heterocycles. The van der Waals surface area contributed by atoms with E-state index < -0.39 is 0 Å². The van der Waals surface area contributed by atoms with Crippen molar-refractivity contribution in [3.05, 3.63) is 28.5 Å². The summed E-state index contributed by atoms with van der Waals surface area (Å²) in [6.45, 7) is 16.1. The molecule has 0 aromatic heterocycles. The second kappa shape index (κ2) is 12.2. The summed E-state index contributed by atoms with van der Waals surface area (Å²) in [4.78, 5) is 0. The highest BCUT2D eigenvalue weighted by Crippen LogP contribution is 2.49. The fourth-order valence-corrected chi connectivity index (χ4v) is 5.69. The van der Waals surface area contributed by atoms with Gasteiger partial charge in [0.2, 0.25) is 0 Å². The Bertz CT molecular complexity index is 546. The van der Waals surface area contributed by atoms with Crippen LogP contribution in [0.2, 0.25) is 0 Å². The molecule has 28 heavy (non-hydrogen) atoms. The molecule has 0 saturated heterocycles. The van der Waals surface area contributed by atoms with Gasteiger partial charge in [0.25, 0.3) is 0 Å². The Kier molecular flexibility index (Phi) is 11.1. The van der Waals surface area contributed by atoms with Gasteiger partial charge >= 0.3 is 0 Å². The lowest BCUT2D eigenvalue weighted by Gasteiger charge is -2.50. The smallest absolute Gasteiger partial charge is 0.166 e. The first-order valence-corrected chi connectivity index (χ1v) is 12.1. The zero-order valence-corrected chi connectivity index (χ0v) is 20.7. The Morgan fingerprint density at radius 2 is 1.43 bits per heavy atom. The number of hydrogen-bond donors (Lipinski definition) is 0. The molecule has 1 atom stereocenters. The SMILES string of the molecule is CCCCCCCCC(Oc1ccc(Br)cc1F)C(C(C)C)(C(C)C)C(C)C. The van der Waals surface area contributed by atoms with Crippen molar-refractivity contribution in [3.63, 3.8) is 0 Å². The highest BCUT2D eigenvalue weighted by molar-refractivity contribution is 9.10. The first-order chi connectivity index (χ1) is 13.2. The van der Waals surface area contributed by atoms with Crippen LogP contribution in [0.4, 0.5) is 4.39 Å². The van der Waals surface area contributed by atoms with E-state index in [2.05, 4.69) is 64.4 Å². The lowest BCUT2D eigenvalue weighted by Crippen LogP contribution is -2.51. The van der Waals surface area contributed by atoms with Crippen molar-refractivity contribution >= 4 is 15.9 Å². The molecular weight excluding hydrogens is 415 g/mol. The zero-order valence-electron chi connectivity index (χ0n) is 19.2. The maximum atomic E-state index is 14.6. The van der Waals surface area contributed by atoms with E-state index in [0.717, 1.165) is 17.3 Å². The van der Waals surface area contributed by atoms with Gasteiger partial charge in [-0.05, 0) is 48.8 Å². The van der Waals surface area contributed by atoms with Crippen LogP contribution < -0.4 is 4.74 Å². The van der Waals surface area contributed by atoms with Crippen molar-refractivity contribution in [2.45, 2.75) is 99.5 Å². The molecule has 1 aromatic rings. The molecule has 0 spiro atoms. The number of rotatable bonds is 13. The summed E-state index contributed by atoms with van der Waals surface area (Å²) in [5.41, 5.74) is 0.00291. The second-order valence-electron chi connectivity index (χ2n) is 9.20. The van der Waals surface area contributed by atoms with Crippen LogP contribution >= 0.6 is 15.9 Å². The Hall–Kier alpha value is -0.570. The average Bonchev–Trinajstić information content (AvgIpc) is 2.59. The van der Waals surface area contributed by atoms with Crippen molar-refractivity contribution in [2.75, 3.05) is 0 Å². The van der Waals surface area contributed by atoms with Crippen molar-refractivity contribution in [1.29, 1.82) is 0 Å². The van der Waals surface area contributed by atoms with Crippen LogP contribution in [0, 0.1) is 29.0 Å². The third-order valence-corrected chi connectivity index (χ3v) is 7.03. The van der Waals surface area contributed by atoms with E-state index in [1.807, 2.05) is 6.07 Å².